The number of aryl methyl sites for hydroxylation is 2. The molecule has 2 aromatic carbocycles. The lowest BCUT2D eigenvalue weighted by molar-refractivity contribution is 0.165. The molecule has 6 rings (SSSR count). The van der Waals surface area contributed by atoms with Crippen molar-refractivity contribution < 1.29 is 0 Å². The van der Waals surface area contributed by atoms with Gasteiger partial charge in [0.05, 0.1) is 5.52 Å². The molecule has 1 aromatic heterocycles. The highest BCUT2D eigenvalue weighted by atomic mass is 15.1. The fourth-order valence-electron chi connectivity index (χ4n) is 5.40. The van der Waals surface area contributed by atoms with Gasteiger partial charge < -0.3 is 4.57 Å². The summed E-state index contributed by atoms with van der Waals surface area (Å²) in [5.41, 5.74) is 9.12. The minimum atomic E-state index is 0.958. The van der Waals surface area contributed by atoms with Crippen molar-refractivity contribution in [1.29, 1.82) is 0 Å². The zero-order chi connectivity index (χ0) is 17.1. The van der Waals surface area contributed by atoms with Crippen LogP contribution in [0.15, 0.2) is 42.5 Å². The first-order valence-electron chi connectivity index (χ1n) is 10.3. The van der Waals surface area contributed by atoms with Gasteiger partial charge in [-0.05, 0) is 54.4 Å². The van der Waals surface area contributed by atoms with E-state index in [0.717, 1.165) is 25.3 Å². The van der Waals surface area contributed by atoms with Crippen LogP contribution in [0.3, 0.4) is 0 Å². The summed E-state index contributed by atoms with van der Waals surface area (Å²) < 4.78 is 2.63. The van der Waals surface area contributed by atoms with Gasteiger partial charge in [0.2, 0.25) is 0 Å². The second-order valence-electron chi connectivity index (χ2n) is 8.48. The second kappa shape index (κ2) is 5.72. The Morgan fingerprint density at radius 1 is 0.885 bits per heavy atom. The van der Waals surface area contributed by atoms with E-state index in [0.29, 0.717) is 0 Å². The molecule has 0 atom stereocenters. The number of hydrogen-bond donors (Lipinski definition) is 0. The van der Waals surface area contributed by atoms with Gasteiger partial charge in [-0.1, -0.05) is 42.8 Å². The largest absolute Gasteiger partial charge is 0.313 e. The van der Waals surface area contributed by atoms with Crippen molar-refractivity contribution in [2.75, 3.05) is 13.1 Å². The van der Waals surface area contributed by atoms with E-state index in [1.165, 1.54) is 66.5 Å². The van der Waals surface area contributed by atoms with Gasteiger partial charge >= 0.3 is 0 Å². The zero-order valence-corrected chi connectivity index (χ0v) is 15.4. The Labute approximate surface area is 155 Å². The number of aromatic nitrogens is 1. The molecule has 132 valence electrons. The fraction of sp³-hybridized carbons (Fsp3) is 0.417. The Kier molecular flexibility index (Phi) is 3.31. The molecular formula is C24H26N2. The summed E-state index contributed by atoms with van der Waals surface area (Å²) in [5.74, 6) is 0.958. The molecule has 26 heavy (non-hydrogen) atoms. The first-order valence-corrected chi connectivity index (χ1v) is 10.3. The van der Waals surface area contributed by atoms with Gasteiger partial charge in [0.1, 0.15) is 0 Å². The lowest BCUT2D eigenvalue weighted by Gasteiger charge is -2.35. The molecule has 3 heterocycles. The third-order valence-corrected chi connectivity index (χ3v) is 6.97. The maximum atomic E-state index is 2.72. The van der Waals surface area contributed by atoms with Gasteiger partial charge in [-0.25, -0.2) is 0 Å². The standard InChI is InChI=1S/C24H26N2/c1-2-10-22-18(7-1)11-12-19-8-4-9-20-21-16-25(15-17-5-3-6-17)14-13-23(21)26(22)24(19)20/h1-2,4,7-10,17H,3,5-6,11-16H2. The molecule has 0 N–H and O–H groups in total. The molecule has 1 aliphatic carbocycles. The summed E-state index contributed by atoms with van der Waals surface area (Å²) >= 11 is 0. The maximum Gasteiger partial charge on any atom is 0.0567 e. The number of para-hydroxylation sites is 2. The number of fused-ring (bicyclic) bond motifs is 5. The summed E-state index contributed by atoms with van der Waals surface area (Å²) in [7, 11) is 0. The molecule has 0 unspecified atom stereocenters. The average Bonchev–Trinajstić information content (AvgIpc) is 2.87. The first-order chi connectivity index (χ1) is 12.9. The van der Waals surface area contributed by atoms with Gasteiger partial charge in [0.25, 0.3) is 0 Å². The van der Waals surface area contributed by atoms with Crippen LogP contribution in [0.2, 0.25) is 0 Å². The molecule has 1 fully saturated rings. The minimum Gasteiger partial charge on any atom is -0.313 e. The zero-order valence-electron chi connectivity index (χ0n) is 15.4. The number of hydrogen-bond acceptors (Lipinski definition) is 1. The highest BCUT2D eigenvalue weighted by Crippen LogP contribution is 2.39. The van der Waals surface area contributed by atoms with Crippen molar-refractivity contribution in [1.82, 2.24) is 9.47 Å². The Morgan fingerprint density at radius 3 is 2.62 bits per heavy atom. The normalized spacial score (nSPS) is 19.7. The SMILES string of the molecule is c1ccc2c(c1)CCc1cccc3c4c(n-2c13)CCN(CC1CCC1)C4. The molecule has 3 aliphatic rings. The summed E-state index contributed by atoms with van der Waals surface area (Å²) in [6, 6.07) is 16.1. The van der Waals surface area contributed by atoms with E-state index >= 15 is 0 Å². The van der Waals surface area contributed by atoms with E-state index in [1.807, 2.05) is 0 Å². The molecule has 0 spiro atoms. The molecule has 2 heteroatoms. The Bertz CT molecular complexity index is 993. The Hall–Kier alpha value is -2.06. The minimum absolute atomic E-state index is 0.958. The molecule has 0 radical (unpaired) electrons. The van der Waals surface area contributed by atoms with Crippen LogP contribution in [-0.2, 0) is 25.8 Å². The van der Waals surface area contributed by atoms with Crippen molar-refractivity contribution in [3.8, 4) is 5.69 Å². The van der Waals surface area contributed by atoms with E-state index < -0.39 is 0 Å². The van der Waals surface area contributed by atoms with Gasteiger partial charge in [-0.2, -0.15) is 0 Å². The van der Waals surface area contributed by atoms with Crippen LogP contribution < -0.4 is 0 Å². The van der Waals surface area contributed by atoms with Gasteiger partial charge in [-0.3, -0.25) is 4.90 Å². The topological polar surface area (TPSA) is 8.17 Å². The summed E-state index contributed by atoms with van der Waals surface area (Å²) in [6.45, 7) is 3.67. The summed E-state index contributed by atoms with van der Waals surface area (Å²) in [5, 5.41) is 1.51. The van der Waals surface area contributed by atoms with E-state index in [9.17, 15) is 0 Å². The molecule has 3 aromatic rings. The van der Waals surface area contributed by atoms with Crippen LogP contribution in [0, 0.1) is 5.92 Å². The summed E-state index contributed by atoms with van der Waals surface area (Å²) in [6.07, 6.45) is 7.83. The number of benzene rings is 2. The second-order valence-corrected chi connectivity index (χ2v) is 8.48. The maximum absolute atomic E-state index is 2.72. The van der Waals surface area contributed by atoms with Gasteiger partial charge in [-0.15, -0.1) is 0 Å². The third kappa shape index (κ3) is 2.15. The van der Waals surface area contributed by atoms with Crippen molar-refractivity contribution in [3.05, 3.63) is 64.8 Å². The van der Waals surface area contributed by atoms with E-state index in [2.05, 4.69) is 51.9 Å². The van der Waals surface area contributed by atoms with E-state index in [1.54, 1.807) is 11.3 Å². The van der Waals surface area contributed by atoms with Crippen LogP contribution in [0.4, 0.5) is 0 Å². The molecule has 2 aliphatic heterocycles. The summed E-state index contributed by atoms with van der Waals surface area (Å²) in [4.78, 5) is 2.72. The Balaban J connectivity index is 1.53. The van der Waals surface area contributed by atoms with Crippen molar-refractivity contribution >= 4 is 10.9 Å². The lowest BCUT2D eigenvalue weighted by Crippen LogP contribution is -2.36. The van der Waals surface area contributed by atoms with Crippen molar-refractivity contribution in [2.24, 2.45) is 5.92 Å². The molecule has 1 saturated carbocycles. The number of rotatable bonds is 2. The third-order valence-electron chi connectivity index (χ3n) is 6.97. The average molecular weight is 342 g/mol. The smallest absolute Gasteiger partial charge is 0.0567 e. The number of nitrogens with zero attached hydrogens (tertiary/aromatic N) is 2. The monoisotopic (exact) mass is 342 g/mol. The molecule has 2 nitrogen and oxygen atoms in total. The van der Waals surface area contributed by atoms with Crippen LogP contribution in [0.1, 0.15) is 41.6 Å². The first kappa shape index (κ1) is 15.0. The van der Waals surface area contributed by atoms with Crippen LogP contribution in [0.5, 0.6) is 0 Å². The quantitative estimate of drug-likeness (QED) is 0.644. The molecule has 0 bridgehead atoms. The van der Waals surface area contributed by atoms with Crippen molar-refractivity contribution in [2.45, 2.75) is 45.1 Å². The molecule has 0 amide bonds. The fourth-order valence-corrected chi connectivity index (χ4v) is 5.40. The van der Waals surface area contributed by atoms with Crippen LogP contribution >= 0.6 is 0 Å². The van der Waals surface area contributed by atoms with Crippen LogP contribution in [0.25, 0.3) is 16.6 Å². The van der Waals surface area contributed by atoms with Crippen molar-refractivity contribution in [3.63, 3.8) is 0 Å². The van der Waals surface area contributed by atoms with Crippen LogP contribution in [-0.4, -0.2) is 22.6 Å². The predicted molar refractivity (Wildman–Crippen MR) is 107 cm³/mol. The molecule has 0 saturated heterocycles. The van der Waals surface area contributed by atoms with E-state index in [4.69, 9.17) is 0 Å². The van der Waals surface area contributed by atoms with E-state index in [-0.39, 0.29) is 0 Å². The lowest BCUT2D eigenvalue weighted by atomic mass is 9.84. The molecular weight excluding hydrogens is 316 g/mol. The Morgan fingerprint density at radius 2 is 1.73 bits per heavy atom. The predicted octanol–water partition coefficient (Wildman–Crippen LogP) is 4.89. The highest BCUT2D eigenvalue weighted by molar-refractivity contribution is 5.91. The van der Waals surface area contributed by atoms with Gasteiger partial charge in [0.15, 0.2) is 0 Å². The highest BCUT2D eigenvalue weighted by Gasteiger charge is 2.29. The van der Waals surface area contributed by atoms with Gasteiger partial charge in [0, 0.05) is 42.8 Å².